The van der Waals surface area contributed by atoms with Gasteiger partial charge in [-0.05, 0) is 44.9 Å². The van der Waals surface area contributed by atoms with Crippen LogP contribution in [0, 0.1) is 5.92 Å². The van der Waals surface area contributed by atoms with E-state index in [1.807, 2.05) is 0 Å². The molecule has 0 atom stereocenters. The summed E-state index contributed by atoms with van der Waals surface area (Å²) in [6.45, 7) is 9.54. The standard InChI is InChI=1S/C21H40N4OS.HI/c1-3-22-20(24(2)11-6-19-7-14-26-15-8-19)23-18-21(9-4-5-10-21)25-12-16-27-17-13-25;/h19H,3-18H2,1-2H3,(H,22,23);1H. The highest BCUT2D eigenvalue weighted by Gasteiger charge is 2.40. The van der Waals surface area contributed by atoms with Crippen molar-refractivity contribution in [2.24, 2.45) is 10.9 Å². The van der Waals surface area contributed by atoms with E-state index in [4.69, 9.17) is 9.73 Å². The van der Waals surface area contributed by atoms with Gasteiger partial charge >= 0.3 is 0 Å². The molecule has 1 aliphatic carbocycles. The first-order valence-corrected chi connectivity index (χ1v) is 12.3. The van der Waals surface area contributed by atoms with Crippen LogP contribution in [-0.4, -0.2) is 85.8 Å². The van der Waals surface area contributed by atoms with Crippen LogP contribution in [0.15, 0.2) is 4.99 Å². The summed E-state index contributed by atoms with van der Waals surface area (Å²) in [5.41, 5.74) is 0.323. The van der Waals surface area contributed by atoms with Crippen molar-refractivity contribution in [2.75, 3.05) is 64.5 Å². The number of nitrogens with zero attached hydrogens (tertiary/aromatic N) is 3. The van der Waals surface area contributed by atoms with Crippen molar-refractivity contribution in [2.45, 2.75) is 57.4 Å². The van der Waals surface area contributed by atoms with Crippen LogP contribution in [0.1, 0.15) is 51.9 Å². The van der Waals surface area contributed by atoms with Crippen molar-refractivity contribution >= 4 is 41.7 Å². The predicted octanol–water partition coefficient (Wildman–Crippen LogP) is 3.68. The monoisotopic (exact) mass is 524 g/mol. The van der Waals surface area contributed by atoms with E-state index in [0.29, 0.717) is 5.54 Å². The Morgan fingerprint density at radius 3 is 2.54 bits per heavy atom. The first-order valence-electron chi connectivity index (χ1n) is 11.1. The fraction of sp³-hybridized carbons (Fsp3) is 0.952. The van der Waals surface area contributed by atoms with E-state index in [0.717, 1.165) is 44.7 Å². The van der Waals surface area contributed by atoms with Gasteiger partial charge in [-0.2, -0.15) is 11.8 Å². The predicted molar refractivity (Wildman–Crippen MR) is 132 cm³/mol. The zero-order valence-electron chi connectivity index (χ0n) is 18.0. The molecule has 3 aliphatic rings. The van der Waals surface area contributed by atoms with Gasteiger partial charge in [0.1, 0.15) is 0 Å². The molecule has 2 saturated heterocycles. The number of rotatable bonds is 7. The molecule has 3 rings (SSSR count). The number of ether oxygens (including phenoxy) is 1. The Balaban J connectivity index is 0.00000280. The second-order valence-electron chi connectivity index (χ2n) is 8.47. The van der Waals surface area contributed by atoms with E-state index >= 15 is 0 Å². The fourth-order valence-electron chi connectivity index (χ4n) is 4.85. The van der Waals surface area contributed by atoms with E-state index in [1.165, 1.54) is 69.5 Å². The molecule has 164 valence electrons. The van der Waals surface area contributed by atoms with E-state index < -0.39 is 0 Å². The first kappa shape index (κ1) is 24.5. The van der Waals surface area contributed by atoms with Gasteiger partial charge in [-0.15, -0.1) is 24.0 Å². The van der Waals surface area contributed by atoms with Crippen molar-refractivity contribution in [1.82, 2.24) is 15.1 Å². The summed E-state index contributed by atoms with van der Waals surface area (Å²) in [6, 6.07) is 0. The molecule has 2 aliphatic heterocycles. The average Bonchev–Trinajstić information content (AvgIpc) is 3.21. The number of hydrogen-bond acceptors (Lipinski definition) is 4. The molecule has 2 heterocycles. The fourth-order valence-corrected chi connectivity index (χ4v) is 5.76. The van der Waals surface area contributed by atoms with Crippen molar-refractivity contribution in [1.29, 1.82) is 0 Å². The molecule has 0 spiro atoms. The van der Waals surface area contributed by atoms with Crippen LogP contribution < -0.4 is 5.32 Å². The van der Waals surface area contributed by atoms with Crippen LogP contribution in [0.2, 0.25) is 0 Å². The maximum Gasteiger partial charge on any atom is 0.193 e. The quantitative estimate of drug-likeness (QED) is 0.313. The SMILES string of the molecule is CCNC(=NCC1(N2CCSCC2)CCCC1)N(C)CCC1CCOCC1.I. The molecular formula is C21H41IN4OS. The minimum absolute atomic E-state index is 0. The highest BCUT2D eigenvalue weighted by Crippen LogP contribution is 2.37. The van der Waals surface area contributed by atoms with Gasteiger partial charge in [-0.3, -0.25) is 9.89 Å². The second kappa shape index (κ2) is 12.8. The normalized spacial score (nSPS) is 24.0. The van der Waals surface area contributed by atoms with Gasteiger partial charge in [-0.25, -0.2) is 0 Å². The number of hydrogen-bond donors (Lipinski definition) is 1. The summed E-state index contributed by atoms with van der Waals surface area (Å²) in [5.74, 6) is 4.49. The Morgan fingerprint density at radius 1 is 1.21 bits per heavy atom. The van der Waals surface area contributed by atoms with Crippen molar-refractivity contribution in [3.8, 4) is 0 Å². The lowest BCUT2D eigenvalue weighted by Gasteiger charge is -2.42. The third kappa shape index (κ3) is 6.91. The van der Waals surface area contributed by atoms with Gasteiger partial charge in [0.2, 0.25) is 0 Å². The van der Waals surface area contributed by atoms with Crippen molar-refractivity contribution in [3.63, 3.8) is 0 Å². The summed E-state index contributed by atoms with van der Waals surface area (Å²) < 4.78 is 5.50. The Bertz CT molecular complexity index is 461. The number of aliphatic imine (C=N–C) groups is 1. The number of halogens is 1. The summed E-state index contributed by atoms with van der Waals surface area (Å²) in [6.07, 6.45) is 9.08. The Hall–Kier alpha value is 0.270. The lowest BCUT2D eigenvalue weighted by atomic mass is 9.95. The average molecular weight is 525 g/mol. The van der Waals surface area contributed by atoms with E-state index in [-0.39, 0.29) is 24.0 Å². The largest absolute Gasteiger partial charge is 0.381 e. The van der Waals surface area contributed by atoms with Crippen molar-refractivity contribution < 1.29 is 4.74 Å². The number of thioether (sulfide) groups is 1. The minimum Gasteiger partial charge on any atom is -0.381 e. The molecule has 1 N–H and O–H groups in total. The Kier molecular flexibility index (Phi) is 11.3. The van der Waals surface area contributed by atoms with Gasteiger partial charge in [0.25, 0.3) is 0 Å². The molecule has 0 aromatic carbocycles. The topological polar surface area (TPSA) is 40.1 Å². The molecule has 0 aromatic rings. The van der Waals surface area contributed by atoms with Crippen LogP contribution in [0.3, 0.4) is 0 Å². The number of nitrogens with one attached hydrogen (secondary N) is 1. The van der Waals surface area contributed by atoms with Crippen LogP contribution in [0.4, 0.5) is 0 Å². The maximum atomic E-state index is 5.50. The third-order valence-corrected chi connectivity index (χ3v) is 7.59. The van der Waals surface area contributed by atoms with Gasteiger partial charge in [0.05, 0.1) is 6.54 Å². The Labute approximate surface area is 193 Å². The molecular weight excluding hydrogens is 483 g/mol. The summed E-state index contributed by atoms with van der Waals surface area (Å²) >= 11 is 2.11. The molecule has 7 heteroatoms. The third-order valence-electron chi connectivity index (χ3n) is 6.65. The van der Waals surface area contributed by atoms with Crippen LogP contribution in [-0.2, 0) is 4.74 Å². The summed E-state index contributed by atoms with van der Waals surface area (Å²) in [5, 5.41) is 3.54. The Morgan fingerprint density at radius 2 is 1.89 bits per heavy atom. The van der Waals surface area contributed by atoms with Gasteiger partial charge in [0.15, 0.2) is 5.96 Å². The van der Waals surface area contributed by atoms with Crippen LogP contribution in [0.25, 0.3) is 0 Å². The highest BCUT2D eigenvalue weighted by molar-refractivity contribution is 14.0. The summed E-state index contributed by atoms with van der Waals surface area (Å²) in [4.78, 5) is 10.3. The van der Waals surface area contributed by atoms with Gasteiger partial charge in [-0.1, -0.05) is 12.8 Å². The van der Waals surface area contributed by atoms with E-state index in [9.17, 15) is 0 Å². The molecule has 0 aromatic heterocycles. The smallest absolute Gasteiger partial charge is 0.193 e. The second-order valence-corrected chi connectivity index (χ2v) is 9.69. The maximum absolute atomic E-state index is 5.50. The van der Waals surface area contributed by atoms with E-state index in [2.05, 4.69) is 40.8 Å². The molecule has 0 unspecified atom stereocenters. The lowest BCUT2D eigenvalue weighted by Crippen LogP contribution is -2.53. The van der Waals surface area contributed by atoms with Crippen LogP contribution in [0.5, 0.6) is 0 Å². The molecule has 3 fully saturated rings. The molecule has 28 heavy (non-hydrogen) atoms. The molecule has 5 nitrogen and oxygen atoms in total. The van der Waals surface area contributed by atoms with Gasteiger partial charge < -0.3 is 15.0 Å². The molecule has 0 radical (unpaired) electrons. The zero-order valence-corrected chi connectivity index (χ0v) is 21.1. The number of guanidine groups is 1. The lowest BCUT2D eigenvalue weighted by molar-refractivity contribution is 0.0625. The zero-order chi connectivity index (χ0) is 19.0. The highest BCUT2D eigenvalue weighted by atomic mass is 127. The van der Waals surface area contributed by atoms with Crippen LogP contribution >= 0.6 is 35.7 Å². The summed E-state index contributed by atoms with van der Waals surface area (Å²) in [7, 11) is 2.21. The van der Waals surface area contributed by atoms with Gasteiger partial charge in [0, 0.05) is 63.5 Å². The molecule has 0 amide bonds. The molecule has 0 bridgehead atoms. The van der Waals surface area contributed by atoms with Crippen molar-refractivity contribution in [3.05, 3.63) is 0 Å². The van der Waals surface area contributed by atoms with E-state index in [1.54, 1.807) is 0 Å². The first-order chi connectivity index (χ1) is 13.2. The molecule has 1 saturated carbocycles. The minimum atomic E-state index is 0.